The predicted molar refractivity (Wildman–Crippen MR) is 63.0 cm³/mol. The van der Waals surface area contributed by atoms with E-state index in [2.05, 4.69) is 0 Å². The maximum atomic E-state index is 12.5. The van der Waals surface area contributed by atoms with Crippen molar-refractivity contribution in [2.45, 2.75) is 26.4 Å². The Morgan fingerprint density at radius 2 is 1.82 bits per heavy atom. The summed E-state index contributed by atoms with van der Waals surface area (Å²) < 4.78 is 37.4. The summed E-state index contributed by atoms with van der Waals surface area (Å²) in [6.45, 7) is 4.38. The number of halogens is 4. The van der Waals surface area contributed by atoms with E-state index in [9.17, 15) is 13.2 Å². The first kappa shape index (κ1) is 14.3. The molecule has 1 rings (SSSR count). The lowest BCUT2D eigenvalue weighted by Crippen LogP contribution is -2.25. The van der Waals surface area contributed by atoms with Crippen LogP contribution in [-0.4, -0.2) is 6.54 Å². The van der Waals surface area contributed by atoms with Crippen molar-refractivity contribution < 1.29 is 13.2 Å². The zero-order valence-corrected chi connectivity index (χ0v) is 10.5. The van der Waals surface area contributed by atoms with Crippen LogP contribution in [0.3, 0.4) is 0 Å². The molecule has 0 spiro atoms. The number of benzene rings is 1. The summed E-state index contributed by atoms with van der Waals surface area (Å²) >= 11 is 5.63. The largest absolute Gasteiger partial charge is 0.417 e. The molecule has 0 amide bonds. The van der Waals surface area contributed by atoms with E-state index >= 15 is 0 Å². The Morgan fingerprint density at radius 3 is 2.24 bits per heavy atom. The van der Waals surface area contributed by atoms with Crippen LogP contribution in [0.25, 0.3) is 0 Å². The van der Waals surface area contributed by atoms with Gasteiger partial charge in [0.1, 0.15) is 0 Å². The minimum absolute atomic E-state index is 0.150. The summed E-state index contributed by atoms with van der Waals surface area (Å²) in [6.07, 6.45) is -3.81. The van der Waals surface area contributed by atoms with Crippen LogP contribution in [0.15, 0.2) is 18.2 Å². The van der Waals surface area contributed by atoms with Gasteiger partial charge in [0, 0.05) is 0 Å². The molecule has 17 heavy (non-hydrogen) atoms. The van der Waals surface area contributed by atoms with Gasteiger partial charge >= 0.3 is 6.18 Å². The molecule has 1 aromatic rings. The molecular formula is C12H15ClF3N. The summed E-state index contributed by atoms with van der Waals surface area (Å²) in [5.74, 6) is 0. The van der Waals surface area contributed by atoms with Crippen molar-refractivity contribution in [1.29, 1.82) is 0 Å². The first-order valence-corrected chi connectivity index (χ1v) is 5.59. The molecule has 2 N–H and O–H groups in total. The summed E-state index contributed by atoms with van der Waals surface area (Å²) in [6, 6.07) is 3.83. The van der Waals surface area contributed by atoms with Gasteiger partial charge in [-0.1, -0.05) is 31.5 Å². The summed E-state index contributed by atoms with van der Waals surface area (Å²) in [7, 11) is 0. The molecule has 0 aliphatic carbocycles. The summed E-state index contributed by atoms with van der Waals surface area (Å²) in [5.41, 5.74) is 5.39. The average Bonchev–Trinajstić information content (AvgIpc) is 2.15. The van der Waals surface area contributed by atoms with E-state index < -0.39 is 11.7 Å². The first-order chi connectivity index (χ1) is 7.65. The van der Waals surface area contributed by atoms with Gasteiger partial charge in [-0.05, 0) is 36.1 Å². The highest BCUT2D eigenvalue weighted by Crippen LogP contribution is 2.35. The Kier molecular flexibility index (Phi) is 4.10. The zero-order valence-electron chi connectivity index (χ0n) is 9.74. The van der Waals surface area contributed by atoms with Gasteiger partial charge in [-0.15, -0.1) is 0 Å². The van der Waals surface area contributed by atoms with Crippen LogP contribution in [0.5, 0.6) is 0 Å². The van der Waals surface area contributed by atoms with E-state index in [1.807, 2.05) is 13.8 Å². The molecule has 96 valence electrons. The number of hydrogen-bond acceptors (Lipinski definition) is 1. The molecule has 0 heterocycles. The van der Waals surface area contributed by atoms with Crippen LogP contribution in [0, 0.1) is 5.41 Å². The average molecular weight is 266 g/mol. The van der Waals surface area contributed by atoms with Gasteiger partial charge in [0.2, 0.25) is 0 Å². The van der Waals surface area contributed by atoms with Crippen molar-refractivity contribution in [3.8, 4) is 0 Å². The van der Waals surface area contributed by atoms with Gasteiger partial charge in [0.25, 0.3) is 0 Å². The highest BCUT2D eigenvalue weighted by molar-refractivity contribution is 6.31. The van der Waals surface area contributed by atoms with Gasteiger partial charge in [-0.2, -0.15) is 13.2 Å². The predicted octanol–water partition coefficient (Wildman–Crippen LogP) is 3.89. The van der Waals surface area contributed by atoms with Crippen LogP contribution in [-0.2, 0) is 12.6 Å². The van der Waals surface area contributed by atoms with Gasteiger partial charge < -0.3 is 5.73 Å². The third-order valence-electron chi connectivity index (χ3n) is 2.57. The molecule has 0 saturated heterocycles. The van der Waals surface area contributed by atoms with Gasteiger partial charge in [-0.3, -0.25) is 0 Å². The van der Waals surface area contributed by atoms with Crippen molar-refractivity contribution in [1.82, 2.24) is 0 Å². The van der Waals surface area contributed by atoms with E-state index in [4.69, 9.17) is 17.3 Å². The van der Waals surface area contributed by atoms with Crippen molar-refractivity contribution in [2.75, 3.05) is 6.54 Å². The molecule has 0 bridgehead atoms. The molecular weight excluding hydrogens is 251 g/mol. The molecule has 0 aliphatic rings. The van der Waals surface area contributed by atoms with Crippen molar-refractivity contribution >= 4 is 11.6 Å². The smallest absolute Gasteiger partial charge is 0.330 e. The van der Waals surface area contributed by atoms with Crippen molar-refractivity contribution in [3.05, 3.63) is 34.3 Å². The molecule has 0 unspecified atom stereocenters. The van der Waals surface area contributed by atoms with Crippen LogP contribution in [0.2, 0.25) is 5.02 Å². The standard InChI is InChI=1S/C12H15ClF3N/c1-11(2,7-17)6-8-3-4-9(10(13)5-8)12(14,15)16/h3-5H,6-7,17H2,1-2H3. The van der Waals surface area contributed by atoms with Crippen LogP contribution < -0.4 is 5.73 Å². The third kappa shape index (κ3) is 3.89. The highest BCUT2D eigenvalue weighted by Gasteiger charge is 2.33. The Bertz CT molecular complexity index is 399. The maximum Gasteiger partial charge on any atom is 0.417 e. The monoisotopic (exact) mass is 265 g/mol. The second kappa shape index (κ2) is 4.86. The second-order valence-corrected chi connectivity index (χ2v) is 5.26. The molecule has 0 radical (unpaired) electrons. The third-order valence-corrected chi connectivity index (χ3v) is 2.89. The maximum absolute atomic E-state index is 12.5. The fraction of sp³-hybridized carbons (Fsp3) is 0.500. The van der Waals surface area contributed by atoms with E-state index in [-0.39, 0.29) is 10.4 Å². The summed E-state index contributed by atoms with van der Waals surface area (Å²) in [4.78, 5) is 0. The normalized spacial score (nSPS) is 12.9. The van der Waals surface area contributed by atoms with Crippen LogP contribution in [0.1, 0.15) is 25.0 Å². The lowest BCUT2D eigenvalue weighted by Gasteiger charge is -2.22. The molecule has 1 aromatic carbocycles. The first-order valence-electron chi connectivity index (χ1n) is 5.21. The van der Waals surface area contributed by atoms with E-state index in [0.717, 1.165) is 11.6 Å². The van der Waals surface area contributed by atoms with Crippen molar-refractivity contribution in [3.63, 3.8) is 0 Å². The number of hydrogen-bond donors (Lipinski definition) is 1. The lowest BCUT2D eigenvalue weighted by atomic mass is 9.86. The van der Waals surface area contributed by atoms with Crippen LogP contribution in [0.4, 0.5) is 13.2 Å². The molecule has 5 heteroatoms. The summed E-state index contributed by atoms with van der Waals surface area (Å²) in [5, 5.41) is -0.261. The number of nitrogens with two attached hydrogens (primary N) is 1. The van der Waals surface area contributed by atoms with E-state index in [1.165, 1.54) is 12.1 Å². The zero-order chi connectivity index (χ0) is 13.3. The fourth-order valence-electron chi connectivity index (χ4n) is 1.52. The second-order valence-electron chi connectivity index (χ2n) is 4.86. The van der Waals surface area contributed by atoms with E-state index in [0.29, 0.717) is 13.0 Å². The minimum atomic E-state index is -4.40. The molecule has 0 aromatic heterocycles. The lowest BCUT2D eigenvalue weighted by molar-refractivity contribution is -0.137. The quantitative estimate of drug-likeness (QED) is 0.882. The fourth-order valence-corrected chi connectivity index (χ4v) is 1.83. The Morgan fingerprint density at radius 1 is 1.24 bits per heavy atom. The Hall–Kier alpha value is -0.740. The highest BCUT2D eigenvalue weighted by atomic mass is 35.5. The number of rotatable bonds is 3. The minimum Gasteiger partial charge on any atom is -0.330 e. The molecule has 0 atom stereocenters. The van der Waals surface area contributed by atoms with Crippen molar-refractivity contribution in [2.24, 2.45) is 11.1 Å². The van der Waals surface area contributed by atoms with Crippen LogP contribution >= 0.6 is 11.6 Å². The SMILES string of the molecule is CC(C)(CN)Cc1ccc(C(F)(F)F)c(Cl)c1. The van der Waals surface area contributed by atoms with Gasteiger partial charge in [0.15, 0.2) is 0 Å². The van der Waals surface area contributed by atoms with E-state index in [1.54, 1.807) is 0 Å². The number of alkyl halides is 3. The molecule has 0 fully saturated rings. The Labute approximate surface area is 104 Å². The van der Waals surface area contributed by atoms with Gasteiger partial charge in [0.05, 0.1) is 10.6 Å². The molecule has 1 nitrogen and oxygen atoms in total. The molecule has 0 saturated carbocycles. The Balaban J connectivity index is 2.98. The molecule has 0 aliphatic heterocycles. The topological polar surface area (TPSA) is 26.0 Å². The van der Waals surface area contributed by atoms with Gasteiger partial charge in [-0.25, -0.2) is 0 Å².